The van der Waals surface area contributed by atoms with Crippen LogP contribution in [0.15, 0.2) is 6.08 Å². The summed E-state index contributed by atoms with van der Waals surface area (Å²) in [5.41, 5.74) is 0. The zero-order valence-electron chi connectivity index (χ0n) is 5.64. The zero-order chi connectivity index (χ0) is 6.62. The van der Waals surface area contributed by atoms with E-state index in [1.807, 2.05) is 21.1 Å². The van der Waals surface area contributed by atoms with E-state index in [0.29, 0.717) is 0 Å². The number of hydrogen-bond donors (Lipinski definition) is 0. The maximum absolute atomic E-state index is 9.66. The van der Waals surface area contributed by atoms with Crippen molar-refractivity contribution in [3.05, 3.63) is 6.08 Å². The average Bonchev–Trinajstić information content (AvgIpc) is 1.59. The zero-order valence-corrected chi connectivity index (χ0v) is 5.64. The van der Waals surface area contributed by atoms with Crippen molar-refractivity contribution < 1.29 is 9.28 Å². The minimum Gasteiger partial charge on any atom is -0.327 e. The third-order valence-corrected chi connectivity index (χ3v) is 0.722. The molecular formula is C6H12NO+. The van der Waals surface area contributed by atoms with Crippen LogP contribution >= 0.6 is 0 Å². The van der Waals surface area contributed by atoms with Crippen LogP contribution in [-0.4, -0.2) is 38.1 Å². The molecule has 0 atom stereocenters. The second kappa shape index (κ2) is 2.65. The fourth-order valence-electron chi connectivity index (χ4n) is 0.311. The second-order valence-electron chi connectivity index (χ2n) is 2.79. The SMILES string of the molecule is C[N+](C)(C)CC=C=O. The molecule has 0 aliphatic carbocycles. The Kier molecular flexibility index (Phi) is 2.46. The van der Waals surface area contributed by atoms with E-state index in [4.69, 9.17) is 0 Å². The van der Waals surface area contributed by atoms with E-state index in [2.05, 4.69) is 0 Å². The Hall–Kier alpha value is -0.590. The standard InChI is InChI=1S/C6H12NO/c1-7(2,3)5-4-6-8/h4H,5H2,1-3H3/q+1. The van der Waals surface area contributed by atoms with E-state index in [0.717, 1.165) is 11.0 Å². The lowest BCUT2D eigenvalue weighted by molar-refractivity contribution is -0.864. The minimum absolute atomic E-state index is 0.753. The molecule has 0 spiro atoms. The fraction of sp³-hybridized carbons (Fsp3) is 0.667. The Bertz CT molecular complexity index is 106. The number of likely N-dealkylation sites (N-methyl/N-ethyl adjacent to an activating group) is 1. The van der Waals surface area contributed by atoms with Gasteiger partial charge in [-0.3, -0.25) is 0 Å². The van der Waals surface area contributed by atoms with Crippen LogP contribution in [0.2, 0.25) is 0 Å². The van der Waals surface area contributed by atoms with E-state index < -0.39 is 0 Å². The maximum atomic E-state index is 9.66. The van der Waals surface area contributed by atoms with Gasteiger partial charge in [-0.25, -0.2) is 4.79 Å². The first-order valence-electron chi connectivity index (χ1n) is 2.56. The lowest BCUT2D eigenvalue weighted by Gasteiger charge is -2.20. The number of hydrogen-bond acceptors (Lipinski definition) is 1. The second-order valence-corrected chi connectivity index (χ2v) is 2.79. The number of quaternary nitrogens is 1. The molecule has 0 rings (SSSR count). The molecule has 0 N–H and O–H groups in total. The van der Waals surface area contributed by atoms with E-state index in [-0.39, 0.29) is 0 Å². The van der Waals surface area contributed by atoms with Gasteiger partial charge in [0, 0.05) is 0 Å². The molecule has 0 heterocycles. The lowest BCUT2D eigenvalue weighted by Crippen LogP contribution is -2.34. The molecule has 46 valence electrons. The van der Waals surface area contributed by atoms with Crippen LogP contribution < -0.4 is 0 Å². The summed E-state index contributed by atoms with van der Waals surface area (Å²) in [6.07, 6.45) is 1.50. The van der Waals surface area contributed by atoms with Crippen LogP contribution in [0.5, 0.6) is 0 Å². The molecule has 0 fully saturated rings. The van der Waals surface area contributed by atoms with Gasteiger partial charge in [0.25, 0.3) is 0 Å². The van der Waals surface area contributed by atoms with Gasteiger partial charge >= 0.3 is 0 Å². The third kappa shape index (κ3) is 5.41. The van der Waals surface area contributed by atoms with Gasteiger partial charge in [-0.15, -0.1) is 0 Å². The van der Waals surface area contributed by atoms with E-state index in [1.165, 1.54) is 6.08 Å². The van der Waals surface area contributed by atoms with Crippen LogP contribution in [0.1, 0.15) is 0 Å². The van der Waals surface area contributed by atoms with Gasteiger partial charge in [0.05, 0.1) is 27.2 Å². The van der Waals surface area contributed by atoms with Crippen molar-refractivity contribution in [2.24, 2.45) is 0 Å². The highest BCUT2D eigenvalue weighted by Gasteiger charge is 2.00. The number of carbonyl (C=O) groups excluding carboxylic acids is 1. The van der Waals surface area contributed by atoms with Crippen molar-refractivity contribution in [1.82, 2.24) is 0 Å². The molecule has 0 aliphatic rings. The Labute approximate surface area is 50.0 Å². The Balaban J connectivity index is 3.55. The molecule has 2 nitrogen and oxygen atoms in total. The van der Waals surface area contributed by atoms with Gasteiger partial charge in [0.1, 0.15) is 12.5 Å². The predicted octanol–water partition coefficient (Wildman–Crippen LogP) is 0.0804. The van der Waals surface area contributed by atoms with Gasteiger partial charge in [-0.05, 0) is 0 Å². The molecule has 0 bridgehead atoms. The first-order valence-corrected chi connectivity index (χ1v) is 2.56. The largest absolute Gasteiger partial charge is 0.327 e. The molecule has 0 aromatic rings. The highest BCUT2D eigenvalue weighted by Crippen LogP contribution is 1.86. The smallest absolute Gasteiger partial charge is 0.125 e. The summed E-state index contributed by atoms with van der Waals surface area (Å²) in [6, 6.07) is 0. The summed E-state index contributed by atoms with van der Waals surface area (Å²) in [5, 5.41) is 0. The Morgan fingerprint density at radius 2 is 2.00 bits per heavy atom. The summed E-state index contributed by atoms with van der Waals surface area (Å²) in [7, 11) is 6.06. The van der Waals surface area contributed by atoms with Gasteiger partial charge < -0.3 is 4.48 Å². The quantitative estimate of drug-likeness (QED) is 0.367. The Morgan fingerprint density at radius 3 is 2.12 bits per heavy atom. The molecule has 8 heavy (non-hydrogen) atoms. The number of nitrogens with zero attached hydrogens (tertiary/aromatic N) is 1. The molecule has 0 saturated carbocycles. The first-order chi connectivity index (χ1) is 3.56. The van der Waals surface area contributed by atoms with Crippen molar-refractivity contribution in [3.8, 4) is 0 Å². The molecule has 0 unspecified atom stereocenters. The molecule has 0 saturated heterocycles. The van der Waals surface area contributed by atoms with Gasteiger partial charge in [-0.2, -0.15) is 0 Å². The lowest BCUT2D eigenvalue weighted by atomic mass is 10.5. The molecular weight excluding hydrogens is 102 g/mol. The highest BCUT2D eigenvalue weighted by atomic mass is 16.1. The van der Waals surface area contributed by atoms with Crippen LogP contribution in [0.25, 0.3) is 0 Å². The highest BCUT2D eigenvalue weighted by molar-refractivity contribution is 5.44. The molecule has 0 aromatic carbocycles. The van der Waals surface area contributed by atoms with Crippen molar-refractivity contribution in [2.75, 3.05) is 27.7 Å². The summed E-state index contributed by atoms with van der Waals surface area (Å²) in [5.74, 6) is 1.73. The van der Waals surface area contributed by atoms with Crippen molar-refractivity contribution >= 4 is 5.94 Å². The van der Waals surface area contributed by atoms with Gasteiger partial charge in [-0.1, -0.05) is 0 Å². The average molecular weight is 114 g/mol. The molecule has 0 aliphatic heterocycles. The van der Waals surface area contributed by atoms with Crippen LogP contribution in [0, 0.1) is 0 Å². The fourth-order valence-corrected chi connectivity index (χ4v) is 0.311. The topological polar surface area (TPSA) is 17.1 Å². The molecule has 0 radical (unpaired) electrons. The van der Waals surface area contributed by atoms with Crippen LogP contribution in [0.4, 0.5) is 0 Å². The van der Waals surface area contributed by atoms with Crippen LogP contribution in [-0.2, 0) is 4.79 Å². The Morgan fingerprint density at radius 1 is 1.50 bits per heavy atom. The molecule has 2 heteroatoms. The van der Waals surface area contributed by atoms with Crippen molar-refractivity contribution in [2.45, 2.75) is 0 Å². The summed E-state index contributed by atoms with van der Waals surface area (Å²) in [6.45, 7) is 0.753. The normalized spacial score (nSPS) is 10.4. The summed E-state index contributed by atoms with van der Waals surface area (Å²) < 4.78 is 0.787. The minimum atomic E-state index is 0.753. The number of rotatable bonds is 2. The van der Waals surface area contributed by atoms with E-state index in [9.17, 15) is 4.79 Å². The van der Waals surface area contributed by atoms with E-state index in [1.54, 1.807) is 5.94 Å². The van der Waals surface area contributed by atoms with Gasteiger partial charge in [0.2, 0.25) is 0 Å². The first kappa shape index (κ1) is 7.41. The monoisotopic (exact) mass is 114 g/mol. The van der Waals surface area contributed by atoms with Gasteiger partial charge in [0.15, 0.2) is 0 Å². The maximum Gasteiger partial charge on any atom is 0.125 e. The predicted molar refractivity (Wildman–Crippen MR) is 33.2 cm³/mol. The molecule has 0 amide bonds. The van der Waals surface area contributed by atoms with Crippen molar-refractivity contribution in [1.29, 1.82) is 0 Å². The third-order valence-electron chi connectivity index (χ3n) is 0.722. The van der Waals surface area contributed by atoms with Crippen LogP contribution in [0.3, 0.4) is 0 Å². The summed E-state index contributed by atoms with van der Waals surface area (Å²) >= 11 is 0. The van der Waals surface area contributed by atoms with E-state index >= 15 is 0 Å². The molecule has 0 aromatic heterocycles. The van der Waals surface area contributed by atoms with Crippen molar-refractivity contribution in [3.63, 3.8) is 0 Å². The summed E-state index contributed by atoms with van der Waals surface area (Å²) in [4.78, 5) is 9.66.